The first kappa shape index (κ1) is 11.7. The van der Waals surface area contributed by atoms with Gasteiger partial charge >= 0.3 is 0 Å². The summed E-state index contributed by atoms with van der Waals surface area (Å²) in [5.41, 5.74) is 0.130. The molecule has 0 saturated heterocycles. The quantitative estimate of drug-likeness (QED) is 0.642. The molecular weight excluding hydrogens is 226 g/mol. The zero-order valence-corrected chi connectivity index (χ0v) is 9.38. The Morgan fingerprint density at radius 1 is 1.41 bits per heavy atom. The first-order chi connectivity index (χ1) is 8.13. The van der Waals surface area contributed by atoms with Gasteiger partial charge in [0.2, 0.25) is 0 Å². The van der Waals surface area contributed by atoms with Crippen molar-refractivity contribution in [3.63, 3.8) is 0 Å². The number of benzene rings is 1. The molecule has 0 spiro atoms. The van der Waals surface area contributed by atoms with Gasteiger partial charge in [-0.3, -0.25) is 10.1 Å². The summed E-state index contributed by atoms with van der Waals surface area (Å²) in [6, 6.07) is 2.80. The molecule has 1 aliphatic heterocycles. The predicted molar refractivity (Wildman–Crippen MR) is 59.3 cm³/mol. The Labute approximate surface area is 97.9 Å². The lowest BCUT2D eigenvalue weighted by Crippen LogP contribution is -2.16. The van der Waals surface area contributed by atoms with Crippen molar-refractivity contribution in [2.75, 3.05) is 13.2 Å². The average Bonchev–Trinajstić information content (AvgIpc) is 2.36. The highest BCUT2D eigenvalue weighted by Crippen LogP contribution is 2.39. The maximum Gasteiger partial charge on any atom is 0.279 e. The van der Waals surface area contributed by atoms with Crippen LogP contribution in [0.1, 0.15) is 25.0 Å². The molecule has 1 aromatic carbocycles. The molecule has 0 aromatic heterocycles. The summed E-state index contributed by atoms with van der Waals surface area (Å²) < 4.78 is 10.6. The number of nitrogens with zero attached hydrogens (tertiary/aromatic N) is 1. The van der Waals surface area contributed by atoms with Gasteiger partial charge in [0, 0.05) is 0 Å². The van der Waals surface area contributed by atoms with Crippen molar-refractivity contribution < 1.29 is 19.5 Å². The number of ether oxygens (including phenoxy) is 2. The Bertz CT molecular complexity index is 446. The van der Waals surface area contributed by atoms with Gasteiger partial charge in [-0.25, -0.2) is 0 Å². The molecule has 1 heterocycles. The van der Waals surface area contributed by atoms with Gasteiger partial charge in [-0.05, 0) is 12.5 Å². The number of aliphatic hydroxyl groups is 1. The van der Waals surface area contributed by atoms with E-state index in [0.717, 1.165) is 0 Å². The van der Waals surface area contributed by atoms with Crippen LogP contribution in [-0.2, 0) is 0 Å². The standard InChI is InChI=1S/C11H13NO5/c1-2-9(13)7-5-10-11(17-4-3-16-10)6-8(7)12(14)15/h5-6,9,13H,2-4H2,1H3. The van der Waals surface area contributed by atoms with Crippen LogP contribution in [0, 0.1) is 10.1 Å². The molecule has 0 bridgehead atoms. The number of aliphatic hydroxyl groups excluding tert-OH is 1. The van der Waals surface area contributed by atoms with Crippen molar-refractivity contribution in [2.45, 2.75) is 19.4 Å². The molecule has 1 N–H and O–H groups in total. The highest BCUT2D eigenvalue weighted by Gasteiger charge is 2.25. The van der Waals surface area contributed by atoms with Crippen LogP contribution >= 0.6 is 0 Å². The first-order valence-electron chi connectivity index (χ1n) is 5.39. The van der Waals surface area contributed by atoms with E-state index in [2.05, 4.69) is 0 Å². The largest absolute Gasteiger partial charge is 0.486 e. The highest BCUT2D eigenvalue weighted by molar-refractivity contribution is 5.55. The molecule has 6 nitrogen and oxygen atoms in total. The Balaban J connectivity index is 2.51. The van der Waals surface area contributed by atoms with E-state index in [1.54, 1.807) is 6.92 Å². The lowest BCUT2D eigenvalue weighted by atomic mass is 10.0. The minimum atomic E-state index is -0.869. The molecule has 0 radical (unpaired) electrons. The number of nitro benzene ring substituents is 1. The van der Waals surface area contributed by atoms with Crippen LogP contribution in [-0.4, -0.2) is 23.2 Å². The van der Waals surface area contributed by atoms with Crippen molar-refractivity contribution in [2.24, 2.45) is 0 Å². The van der Waals surface area contributed by atoms with Crippen molar-refractivity contribution >= 4 is 5.69 Å². The third-order valence-corrected chi connectivity index (χ3v) is 2.63. The van der Waals surface area contributed by atoms with Gasteiger partial charge in [0.15, 0.2) is 11.5 Å². The summed E-state index contributed by atoms with van der Waals surface area (Å²) >= 11 is 0. The third-order valence-electron chi connectivity index (χ3n) is 2.63. The SMILES string of the molecule is CCC(O)c1cc2c(cc1[N+](=O)[O-])OCCO2. The van der Waals surface area contributed by atoms with E-state index in [0.29, 0.717) is 31.1 Å². The van der Waals surface area contributed by atoms with E-state index in [1.807, 2.05) is 0 Å². The zero-order valence-electron chi connectivity index (χ0n) is 9.38. The van der Waals surface area contributed by atoms with Crippen molar-refractivity contribution in [1.82, 2.24) is 0 Å². The monoisotopic (exact) mass is 239 g/mol. The second kappa shape index (κ2) is 4.58. The summed E-state index contributed by atoms with van der Waals surface area (Å²) in [5, 5.41) is 20.7. The van der Waals surface area contributed by atoms with Crippen LogP contribution in [0.4, 0.5) is 5.69 Å². The molecule has 1 unspecified atom stereocenters. The number of nitro groups is 1. The molecule has 1 atom stereocenters. The maximum atomic E-state index is 10.9. The van der Waals surface area contributed by atoms with Crippen molar-refractivity contribution in [3.8, 4) is 11.5 Å². The molecule has 6 heteroatoms. The zero-order chi connectivity index (χ0) is 12.4. The number of hydrogen-bond donors (Lipinski definition) is 1. The van der Waals surface area contributed by atoms with E-state index >= 15 is 0 Å². The van der Waals surface area contributed by atoms with Crippen LogP contribution in [0.5, 0.6) is 11.5 Å². The summed E-state index contributed by atoms with van der Waals surface area (Å²) in [5.74, 6) is 0.805. The third kappa shape index (κ3) is 2.16. The summed E-state index contributed by atoms with van der Waals surface area (Å²) in [6.07, 6.45) is -0.466. The van der Waals surface area contributed by atoms with Gasteiger partial charge in [0.05, 0.1) is 22.7 Å². The molecule has 0 fully saturated rings. The van der Waals surface area contributed by atoms with E-state index < -0.39 is 11.0 Å². The molecule has 1 aliphatic rings. The average molecular weight is 239 g/mol. The smallest absolute Gasteiger partial charge is 0.279 e. The van der Waals surface area contributed by atoms with Crippen LogP contribution in [0.25, 0.3) is 0 Å². The predicted octanol–water partition coefficient (Wildman–Crippen LogP) is 1.81. The molecule has 17 heavy (non-hydrogen) atoms. The number of fused-ring (bicyclic) bond motifs is 1. The molecule has 1 aromatic rings. The fraction of sp³-hybridized carbons (Fsp3) is 0.455. The first-order valence-corrected chi connectivity index (χ1v) is 5.39. The van der Waals surface area contributed by atoms with Gasteiger partial charge in [-0.15, -0.1) is 0 Å². The normalized spacial score (nSPS) is 15.4. The Kier molecular flexibility index (Phi) is 3.14. The summed E-state index contributed by atoms with van der Waals surface area (Å²) in [7, 11) is 0. The lowest BCUT2D eigenvalue weighted by Gasteiger charge is -2.20. The van der Waals surface area contributed by atoms with Crippen molar-refractivity contribution in [1.29, 1.82) is 0 Å². The topological polar surface area (TPSA) is 81.8 Å². The number of hydrogen-bond acceptors (Lipinski definition) is 5. The molecule has 0 aliphatic carbocycles. The van der Waals surface area contributed by atoms with Gasteiger partial charge < -0.3 is 14.6 Å². The molecule has 92 valence electrons. The van der Waals surface area contributed by atoms with E-state index in [9.17, 15) is 15.2 Å². The van der Waals surface area contributed by atoms with Gasteiger partial charge in [-0.1, -0.05) is 6.92 Å². The fourth-order valence-electron chi connectivity index (χ4n) is 1.74. The summed E-state index contributed by atoms with van der Waals surface area (Å²) in [6.45, 7) is 2.54. The second-order valence-electron chi connectivity index (χ2n) is 3.74. The molecule has 0 saturated carbocycles. The highest BCUT2D eigenvalue weighted by atomic mass is 16.6. The minimum absolute atomic E-state index is 0.136. The Morgan fingerprint density at radius 2 is 2.00 bits per heavy atom. The molecular formula is C11H13NO5. The number of rotatable bonds is 3. The van der Waals surface area contributed by atoms with Gasteiger partial charge in [-0.2, -0.15) is 0 Å². The summed E-state index contributed by atoms with van der Waals surface area (Å²) in [4.78, 5) is 10.4. The van der Waals surface area contributed by atoms with E-state index in [-0.39, 0.29) is 11.3 Å². The lowest BCUT2D eigenvalue weighted by molar-refractivity contribution is -0.386. The second-order valence-corrected chi connectivity index (χ2v) is 3.74. The van der Waals surface area contributed by atoms with Gasteiger partial charge in [0.25, 0.3) is 5.69 Å². The van der Waals surface area contributed by atoms with Crippen LogP contribution in [0.15, 0.2) is 12.1 Å². The van der Waals surface area contributed by atoms with E-state index in [1.165, 1.54) is 12.1 Å². The molecule has 0 amide bonds. The molecule has 2 rings (SSSR count). The maximum absolute atomic E-state index is 10.9. The fourth-order valence-corrected chi connectivity index (χ4v) is 1.74. The minimum Gasteiger partial charge on any atom is -0.486 e. The van der Waals surface area contributed by atoms with Crippen LogP contribution < -0.4 is 9.47 Å². The van der Waals surface area contributed by atoms with Gasteiger partial charge in [0.1, 0.15) is 13.2 Å². The van der Waals surface area contributed by atoms with Crippen LogP contribution in [0.2, 0.25) is 0 Å². The Morgan fingerprint density at radius 3 is 2.53 bits per heavy atom. The van der Waals surface area contributed by atoms with Crippen LogP contribution in [0.3, 0.4) is 0 Å². The Hall–Kier alpha value is -1.82. The van der Waals surface area contributed by atoms with E-state index in [4.69, 9.17) is 9.47 Å². The van der Waals surface area contributed by atoms with Crippen molar-refractivity contribution in [3.05, 3.63) is 27.8 Å².